The minimum atomic E-state index is -3.57. The van der Waals surface area contributed by atoms with E-state index in [0.717, 1.165) is 0 Å². The minimum Gasteiger partial charge on any atom is -0.229 e. The van der Waals surface area contributed by atoms with Gasteiger partial charge in [0.2, 0.25) is 10.0 Å². The Kier molecular flexibility index (Phi) is 4.97. The Labute approximate surface area is 130 Å². The van der Waals surface area contributed by atoms with Gasteiger partial charge in [-0.25, -0.2) is 16.8 Å². The number of piperidine rings is 1. The molecule has 1 fully saturated rings. The van der Waals surface area contributed by atoms with Crippen LogP contribution in [-0.2, 0) is 19.9 Å². The average Bonchev–Trinajstić information content (AvgIpc) is 2.48. The molecule has 1 aromatic carbocycles. The maximum atomic E-state index is 12.5. The molecule has 0 N–H and O–H groups in total. The molecule has 0 spiro atoms. The van der Waals surface area contributed by atoms with Crippen LogP contribution in [0, 0.1) is 0 Å². The highest BCUT2D eigenvalue weighted by molar-refractivity contribution is 7.92. The Balaban J connectivity index is 2.13. The molecule has 1 aromatic rings. The third-order valence-corrected chi connectivity index (χ3v) is 8.22. The minimum absolute atomic E-state index is 0.0988. The van der Waals surface area contributed by atoms with Crippen molar-refractivity contribution in [3.63, 3.8) is 0 Å². The lowest BCUT2D eigenvalue weighted by Crippen LogP contribution is -2.42. The van der Waals surface area contributed by atoms with E-state index in [1.165, 1.54) is 28.6 Å². The molecule has 1 heterocycles. The van der Waals surface area contributed by atoms with Gasteiger partial charge >= 0.3 is 0 Å². The van der Waals surface area contributed by atoms with Gasteiger partial charge in [-0.3, -0.25) is 0 Å². The molecule has 2 rings (SSSR count). The van der Waals surface area contributed by atoms with Crippen molar-refractivity contribution in [3.05, 3.63) is 29.3 Å². The topological polar surface area (TPSA) is 71.5 Å². The predicted molar refractivity (Wildman–Crippen MR) is 82.7 cm³/mol. The van der Waals surface area contributed by atoms with Gasteiger partial charge in [0.05, 0.1) is 10.1 Å². The summed E-state index contributed by atoms with van der Waals surface area (Å²) < 4.78 is 49.9. The first-order chi connectivity index (χ1) is 9.77. The van der Waals surface area contributed by atoms with Crippen molar-refractivity contribution in [2.75, 3.05) is 18.8 Å². The first kappa shape index (κ1) is 16.7. The van der Waals surface area contributed by atoms with Crippen LogP contribution in [0.2, 0.25) is 5.02 Å². The van der Waals surface area contributed by atoms with E-state index in [1.54, 1.807) is 6.92 Å². The molecular formula is C13H18ClNO4S2. The van der Waals surface area contributed by atoms with Crippen molar-refractivity contribution in [2.45, 2.75) is 29.9 Å². The Hall–Kier alpha value is -0.630. The normalized spacial score (nSPS) is 18.8. The molecule has 118 valence electrons. The molecule has 0 atom stereocenters. The maximum absolute atomic E-state index is 12.5. The predicted octanol–water partition coefficient (Wildman–Crippen LogP) is 1.93. The number of hydrogen-bond donors (Lipinski definition) is 0. The van der Waals surface area contributed by atoms with Crippen LogP contribution in [0.4, 0.5) is 0 Å². The Morgan fingerprint density at radius 1 is 1.10 bits per heavy atom. The van der Waals surface area contributed by atoms with Crippen molar-refractivity contribution < 1.29 is 16.8 Å². The number of hydrogen-bond acceptors (Lipinski definition) is 4. The lowest BCUT2D eigenvalue weighted by atomic mass is 10.2. The van der Waals surface area contributed by atoms with Crippen LogP contribution in [0.5, 0.6) is 0 Å². The lowest BCUT2D eigenvalue weighted by molar-refractivity contribution is 0.346. The monoisotopic (exact) mass is 351 g/mol. The van der Waals surface area contributed by atoms with Crippen LogP contribution in [0.1, 0.15) is 19.8 Å². The first-order valence-corrected chi connectivity index (χ1v) is 10.3. The molecule has 8 heteroatoms. The Morgan fingerprint density at radius 2 is 1.62 bits per heavy atom. The number of sulfone groups is 1. The van der Waals surface area contributed by atoms with E-state index in [-0.39, 0.29) is 23.7 Å². The van der Waals surface area contributed by atoms with E-state index < -0.39 is 25.1 Å². The van der Waals surface area contributed by atoms with Crippen LogP contribution in [0.3, 0.4) is 0 Å². The van der Waals surface area contributed by atoms with Gasteiger partial charge in [-0.1, -0.05) is 18.5 Å². The molecule has 0 saturated carbocycles. The highest BCUT2D eigenvalue weighted by Crippen LogP contribution is 2.25. The highest BCUT2D eigenvalue weighted by atomic mass is 35.5. The van der Waals surface area contributed by atoms with Crippen molar-refractivity contribution in [1.29, 1.82) is 0 Å². The van der Waals surface area contributed by atoms with E-state index in [9.17, 15) is 16.8 Å². The van der Waals surface area contributed by atoms with Gasteiger partial charge < -0.3 is 0 Å². The summed E-state index contributed by atoms with van der Waals surface area (Å²) in [6.45, 7) is 2.08. The van der Waals surface area contributed by atoms with Crippen molar-refractivity contribution in [1.82, 2.24) is 4.31 Å². The molecule has 21 heavy (non-hydrogen) atoms. The summed E-state index contributed by atoms with van der Waals surface area (Å²) in [7, 11) is -6.67. The van der Waals surface area contributed by atoms with Crippen molar-refractivity contribution in [3.8, 4) is 0 Å². The second-order valence-electron chi connectivity index (χ2n) is 5.01. The van der Waals surface area contributed by atoms with Crippen LogP contribution >= 0.6 is 11.6 Å². The highest BCUT2D eigenvalue weighted by Gasteiger charge is 2.33. The number of nitrogens with zero attached hydrogens (tertiary/aromatic N) is 1. The number of rotatable bonds is 4. The van der Waals surface area contributed by atoms with E-state index in [1.807, 2.05) is 0 Å². The summed E-state index contributed by atoms with van der Waals surface area (Å²) in [6.07, 6.45) is 0.700. The number of sulfonamides is 1. The van der Waals surface area contributed by atoms with E-state index in [4.69, 9.17) is 11.6 Å². The Morgan fingerprint density at radius 3 is 2.10 bits per heavy atom. The fourth-order valence-electron chi connectivity index (χ4n) is 2.42. The van der Waals surface area contributed by atoms with Crippen molar-refractivity contribution >= 4 is 31.5 Å². The van der Waals surface area contributed by atoms with E-state index in [2.05, 4.69) is 0 Å². The van der Waals surface area contributed by atoms with Gasteiger partial charge in [0, 0.05) is 23.9 Å². The molecule has 0 aliphatic carbocycles. The third-order valence-electron chi connectivity index (χ3n) is 3.76. The second kappa shape index (κ2) is 6.24. The molecule has 0 amide bonds. The quantitative estimate of drug-likeness (QED) is 0.831. The van der Waals surface area contributed by atoms with Crippen LogP contribution in [-0.4, -0.2) is 45.2 Å². The van der Waals surface area contributed by atoms with E-state index in [0.29, 0.717) is 17.9 Å². The molecular weight excluding hydrogens is 334 g/mol. The maximum Gasteiger partial charge on any atom is 0.243 e. The molecule has 0 unspecified atom stereocenters. The summed E-state index contributed by atoms with van der Waals surface area (Å²) in [5.74, 6) is 0.0988. The lowest BCUT2D eigenvalue weighted by Gasteiger charge is -2.30. The second-order valence-corrected chi connectivity index (χ2v) is 9.95. The zero-order valence-corrected chi connectivity index (χ0v) is 14.1. The zero-order valence-electron chi connectivity index (χ0n) is 11.7. The Bertz CT molecular complexity index is 690. The molecule has 1 saturated heterocycles. The zero-order chi connectivity index (χ0) is 15.7. The molecule has 0 bridgehead atoms. The summed E-state index contributed by atoms with van der Waals surface area (Å²) in [4.78, 5) is 0.184. The summed E-state index contributed by atoms with van der Waals surface area (Å²) in [5, 5.41) is 0.0425. The number of benzene rings is 1. The van der Waals surface area contributed by atoms with Crippen LogP contribution in [0.25, 0.3) is 0 Å². The van der Waals surface area contributed by atoms with Crippen LogP contribution < -0.4 is 0 Å². The van der Waals surface area contributed by atoms with E-state index >= 15 is 0 Å². The third kappa shape index (κ3) is 3.59. The fourth-order valence-corrected chi connectivity index (χ4v) is 5.42. The van der Waals surface area contributed by atoms with Gasteiger partial charge in [-0.15, -0.1) is 0 Å². The number of halogens is 1. The molecule has 0 radical (unpaired) electrons. The molecule has 0 aromatic heterocycles. The molecule has 1 aliphatic heterocycles. The standard InChI is InChI=1S/C13H18ClNO4S2/c1-2-20(16,17)12-7-9-15(10-8-12)21(18,19)13-5-3-11(14)4-6-13/h3-6,12H,2,7-10H2,1H3. The first-order valence-electron chi connectivity index (χ1n) is 6.74. The smallest absolute Gasteiger partial charge is 0.229 e. The molecule has 5 nitrogen and oxygen atoms in total. The summed E-state index contributed by atoms with van der Waals surface area (Å²) in [5.41, 5.74) is 0. The summed E-state index contributed by atoms with van der Waals surface area (Å²) >= 11 is 5.76. The SMILES string of the molecule is CCS(=O)(=O)C1CCN(S(=O)(=O)c2ccc(Cl)cc2)CC1. The van der Waals surface area contributed by atoms with Gasteiger partial charge in [-0.05, 0) is 37.1 Å². The summed E-state index contributed by atoms with van der Waals surface area (Å²) in [6, 6.07) is 5.99. The largest absolute Gasteiger partial charge is 0.243 e. The van der Waals surface area contributed by atoms with Gasteiger partial charge in [0.25, 0.3) is 0 Å². The average molecular weight is 352 g/mol. The van der Waals surface area contributed by atoms with Gasteiger partial charge in [-0.2, -0.15) is 4.31 Å². The van der Waals surface area contributed by atoms with Gasteiger partial charge in [0.1, 0.15) is 0 Å². The fraction of sp³-hybridized carbons (Fsp3) is 0.538. The van der Waals surface area contributed by atoms with Crippen LogP contribution in [0.15, 0.2) is 29.2 Å². The van der Waals surface area contributed by atoms with Crippen molar-refractivity contribution in [2.24, 2.45) is 0 Å². The molecule has 1 aliphatic rings. The van der Waals surface area contributed by atoms with Gasteiger partial charge in [0.15, 0.2) is 9.84 Å².